The molecule has 256 valence electrons. The van der Waals surface area contributed by atoms with Crippen LogP contribution < -0.4 is 14.8 Å². The van der Waals surface area contributed by atoms with Gasteiger partial charge in [-0.25, -0.2) is 13.2 Å². The number of alkyl halides is 1. The number of phenolic OH excluding ortho intramolecular Hbond substituents is 1. The minimum Gasteiger partial charge on any atom is -0.504 e. The smallest absolute Gasteiger partial charge is 0.247 e. The van der Waals surface area contributed by atoms with Crippen LogP contribution in [0, 0.1) is 11.6 Å². The summed E-state index contributed by atoms with van der Waals surface area (Å²) in [4.78, 5) is 12.9. The van der Waals surface area contributed by atoms with Crippen molar-refractivity contribution in [2.45, 2.75) is 81.5 Å². The molecule has 12 nitrogen and oxygen atoms in total. The first-order valence-electron chi connectivity index (χ1n) is 14.9. The van der Waals surface area contributed by atoms with Gasteiger partial charge in [0.2, 0.25) is 12.2 Å². The number of aliphatic hydroxyl groups excluding tert-OH is 4. The number of hydrogen-bond acceptors (Lipinski definition) is 11. The quantitative estimate of drug-likeness (QED) is 0.160. The molecule has 6 N–H and O–H groups in total. The lowest BCUT2D eigenvalue weighted by Gasteiger charge is -2.41. The number of fused-ring (bicyclic) bond motifs is 1. The van der Waals surface area contributed by atoms with Gasteiger partial charge in [-0.15, -0.1) is 0 Å². The van der Waals surface area contributed by atoms with Crippen molar-refractivity contribution in [1.29, 1.82) is 0 Å². The predicted molar refractivity (Wildman–Crippen MR) is 157 cm³/mol. The van der Waals surface area contributed by atoms with Crippen molar-refractivity contribution in [3.63, 3.8) is 0 Å². The molecule has 2 aromatic carbocycles. The van der Waals surface area contributed by atoms with Gasteiger partial charge in [0, 0.05) is 11.6 Å². The number of hydrogen-bond donors (Lipinski definition) is 6. The first kappa shape index (κ1) is 34.6. The van der Waals surface area contributed by atoms with Crippen LogP contribution in [-0.2, 0) is 19.0 Å². The number of ether oxygens (including phenoxy) is 5. The molecule has 47 heavy (non-hydrogen) atoms. The van der Waals surface area contributed by atoms with Crippen LogP contribution in [0.25, 0.3) is 6.08 Å². The third kappa shape index (κ3) is 7.41. The van der Waals surface area contributed by atoms with Crippen LogP contribution in [0.4, 0.5) is 13.2 Å². The largest absolute Gasteiger partial charge is 0.504 e. The van der Waals surface area contributed by atoms with Crippen LogP contribution >= 0.6 is 0 Å². The molecule has 0 spiro atoms. The fourth-order valence-electron chi connectivity index (χ4n) is 5.69. The molecule has 5 rings (SSSR count). The summed E-state index contributed by atoms with van der Waals surface area (Å²) < 4.78 is 68.7. The molecule has 0 unspecified atom stereocenters. The number of amides is 1. The van der Waals surface area contributed by atoms with Gasteiger partial charge in [0.05, 0.1) is 6.04 Å². The van der Waals surface area contributed by atoms with E-state index in [1.165, 1.54) is 43.3 Å². The Morgan fingerprint density at radius 1 is 1.00 bits per heavy atom. The minimum atomic E-state index is -1.99. The van der Waals surface area contributed by atoms with Gasteiger partial charge in [-0.2, -0.15) is 0 Å². The molecule has 2 aromatic rings. The first-order chi connectivity index (χ1) is 22.4. The van der Waals surface area contributed by atoms with E-state index >= 15 is 4.39 Å². The zero-order valence-corrected chi connectivity index (χ0v) is 25.3. The van der Waals surface area contributed by atoms with Crippen molar-refractivity contribution in [3.8, 4) is 17.2 Å². The van der Waals surface area contributed by atoms with Gasteiger partial charge < -0.3 is 54.5 Å². The van der Waals surface area contributed by atoms with E-state index in [1.54, 1.807) is 6.92 Å². The highest BCUT2D eigenvalue weighted by Crippen LogP contribution is 2.36. The van der Waals surface area contributed by atoms with E-state index in [0.717, 1.165) is 12.1 Å². The van der Waals surface area contributed by atoms with Crippen molar-refractivity contribution < 1.29 is 67.2 Å². The minimum absolute atomic E-state index is 0.0759. The van der Waals surface area contributed by atoms with Crippen molar-refractivity contribution in [2.24, 2.45) is 0 Å². The van der Waals surface area contributed by atoms with E-state index in [0.29, 0.717) is 17.6 Å². The molecule has 2 saturated heterocycles. The molecule has 0 bridgehead atoms. The topological polar surface area (TPSA) is 176 Å². The number of aromatic hydroxyl groups is 1. The van der Waals surface area contributed by atoms with Gasteiger partial charge in [-0.05, 0) is 60.9 Å². The van der Waals surface area contributed by atoms with Crippen LogP contribution in [0.1, 0.15) is 25.8 Å². The van der Waals surface area contributed by atoms with E-state index in [1.807, 2.05) is 0 Å². The Kier molecular flexibility index (Phi) is 10.8. The Morgan fingerprint density at radius 2 is 1.72 bits per heavy atom. The fourth-order valence-corrected chi connectivity index (χ4v) is 5.69. The number of phenols is 1. The Morgan fingerprint density at radius 3 is 2.40 bits per heavy atom. The molecule has 2 aliphatic heterocycles. The highest BCUT2D eigenvalue weighted by atomic mass is 19.2. The zero-order valence-electron chi connectivity index (χ0n) is 25.3. The Hall–Kier alpha value is -3.70. The summed E-state index contributed by atoms with van der Waals surface area (Å²) in [5.74, 6) is -3.27. The number of nitrogens with one attached hydrogen (secondary N) is 1. The molecule has 0 aromatic heterocycles. The van der Waals surface area contributed by atoms with Gasteiger partial charge >= 0.3 is 0 Å². The SMILES string of the molecule is CCC(=CCOc1ccc(F)c(F)c1)[C@H]1O[C@@H](Oc2ccc(C=C(C)C(=O)N[C@@H]3[C@H](O)[C@@H](O)[C@H]4OCO[C@H]4[C@@H]3O)cc2O)[C@@H](F)[C@@H]1O. The fraction of sp³-hybridized carbons (Fsp3) is 0.469. The van der Waals surface area contributed by atoms with Crippen LogP contribution in [0.15, 0.2) is 53.6 Å². The average molecular weight is 668 g/mol. The number of aliphatic hydroxyl groups is 4. The molecule has 1 aliphatic carbocycles. The number of halogens is 3. The molecule has 1 amide bonds. The molecule has 2 heterocycles. The molecule has 1 saturated carbocycles. The summed E-state index contributed by atoms with van der Waals surface area (Å²) in [6.45, 7) is 2.94. The molecular weight excluding hydrogens is 631 g/mol. The van der Waals surface area contributed by atoms with E-state index < -0.39 is 84.5 Å². The van der Waals surface area contributed by atoms with E-state index in [2.05, 4.69) is 5.32 Å². The normalized spacial score (nSPS) is 32.6. The second kappa shape index (κ2) is 14.6. The lowest BCUT2D eigenvalue weighted by molar-refractivity contribution is -0.155. The molecule has 10 atom stereocenters. The third-order valence-electron chi connectivity index (χ3n) is 8.31. The van der Waals surface area contributed by atoms with Gasteiger partial charge in [-0.1, -0.05) is 13.0 Å². The molecule has 0 radical (unpaired) electrons. The van der Waals surface area contributed by atoms with Crippen LogP contribution in [0.3, 0.4) is 0 Å². The standard InChI is InChI=1S/C32H36F3NO11/c1-3-16(8-9-43-17-5-6-18(33)19(34)12-17)28-24(38)22(35)32(47-28)46-21-7-4-15(11-20(21)37)10-14(2)31(42)36-23-25(39)27(41)30-29(26(23)40)44-13-45-30/h4-8,10-12,22-30,32,37-41H,3,9,13H2,1-2H3,(H,36,42)/t22-,23+,24-,25-,26+,27+,28+,29-,30+,32+/m0/s1. The van der Waals surface area contributed by atoms with Gasteiger partial charge in [0.1, 0.15) is 61.9 Å². The Bertz CT molecular complexity index is 1510. The lowest BCUT2D eigenvalue weighted by Crippen LogP contribution is -2.67. The monoisotopic (exact) mass is 667 g/mol. The number of benzene rings is 2. The summed E-state index contributed by atoms with van der Waals surface area (Å²) in [6.07, 6.45) is -9.17. The van der Waals surface area contributed by atoms with Crippen molar-refractivity contribution in [1.82, 2.24) is 5.32 Å². The molecule has 3 aliphatic rings. The lowest BCUT2D eigenvalue weighted by atomic mass is 9.83. The van der Waals surface area contributed by atoms with Crippen LogP contribution in [0.5, 0.6) is 17.2 Å². The number of rotatable bonds is 10. The van der Waals surface area contributed by atoms with Crippen molar-refractivity contribution in [2.75, 3.05) is 13.4 Å². The van der Waals surface area contributed by atoms with Crippen LogP contribution in [-0.4, -0.2) is 106 Å². The van der Waals surface area contributed by atoms with Gasteiger partial charge in [0.15, 0.2) is 29.3 Å². The van der Waals surface area contributed by atoms with E-state index in [4.69, 9.17) is 23.7 Å². The summed E-state index contributed by atoms with van der Waals surface area (Å²) in [7, 11) is 0. The summed E-state index contributed by atoms with van der Waals surface area (Å²) in [5.41, 5.74) is 0.942. The van der Waals surface area contributed by atoms with Gasteiger partial charge in [-0.3, -0.25) is 4.79 Å². The highest BCUT2D eigenvalue weighted by molar-refractivity contribution is 5.97. The highest BCUT2D eigenvalue weighted by Gasteiger charge is 2.53. The predicted octanol–water partition coefficient (Wildman–Crippen LogP) is 1.61. The number of carbonyl (C=O) groups excluding carboxylic acids is 1. The maximum absolute atomic E-state index is 15.1. The molecule has 3 fully saturated rings. The maximum atomic E-state index is 15.1. The van der Waals surface area contributed by atoms with Crippen molar-refractivity contribution >= 4 is 12.0 Å². The Balaban J connectivity index is 1.19. The summed E-state index contributed by atoms with van der Waals surface area (Å²) >= 11 is 0. The molecular formula is C32H36F3NO11. The second-order valence-corrected chi connectivity index (χ2v) is 11.4. The van der Waals surface area contributed by atoms with Crippen LogP contribution in [0.2, 0.25) is 0 Å². The van der Waals surface area contributed by atoms with E-state index in [-0.39, 0.29) is 30.5 Å². The summed E-state index contributed by atoms with van der Waals surface area (Å²) in [6, 6.07) is 5.84. The maximum Gasteiger partial charge on any atom is 0.247 e. The molecule has 15 heteroatoms. The average Bonchev–Trinajstić information content (AvgIpc) is 3.65. The van der Waals surface area contributed by atoms with Gasteiger partial charge in [0.25, 0.3) is 0 Å². The summed E-state index contributed by atoms with van der Waals surface area (Å²) in [5, 5.41) is 55.0. The van der Waals surface area contributed by atoms with Crippen molar-refractivity contribution in [3.05, 3.63) is 70.8 Å². The Labute approximate surface area is 267 Å². The first-order valence-corrected chi connectivity index (χ1v) is 14.9. The third-order valence-corrected chi connectivity index (χ3v) is 8.31. The number of carbonyl (C=O) groups is 1. The zero-order chi connectivity index (χ0) is 34.0. The van der Waals surface area contributed by atoms with E-state index in [9.17, 15) is 39.1 Å². The second-order valence-electron chi connectivity index (χ2n) is 11.4.